The molecule has 0 bridgehead atoms. The van der Waals surface area contributed by atoms with Crippen molar-refractivity contribution in [3.8, 4) is 9.75 Å². The van der Waals surface area contributed by atoms with Crippen LogP contribution in [0, 0.1) is 0 Å². The van der Waals surface area contributed by atoms with Crippen molar-refractivity contribution >= 4 is 29.0 Å². The molecule has 0 aliphatic heterocycles. The minimum atomic E-state index is 0.808. The Labute approximate surface area is 116 Å². The maximum Gasteiger partial charge on any atom is 0.160 e. The van der Waals surface area contributed by atoms with Crippen LogP contribution in [0.5, 0.6) is 0 Å². The van der Waals surface area contributed by atoms with Gasteiger partial charge in [-0.05, 0) is 42.0 Å². The van der Waals surface area contributed by atoms with E-state index in [0.717, 1.165) is 11.2 Å². The van der Waals surface area contributed by atoms with E-state index in [9.17, 15) is 4.79 Å². The van der Waals surface area contributed by atoms with Crippen LogP contribution in [0.2, 0.25) is 0 Å². The molecule has 0 aromatic carbocycles. The summed E-state index contributed by atoms with van der Waals surface area (Å²) in [6.07, 6.45) is 7.35. The van der Waals surface area contributed by atoms with E-state index < -0.39 is 0 Å². The number of unbranched alkanes of at least 4 members (excludes halogenated alkanes) is 3. The SMILES string of the molecule is CCCCCCc1csc(-c2ccc(C=O)s2)c1. The number of thiophene rings is 2. The zero-order valence-corrected chi connectivity index (χ0v) is 12.3. The molecule has 18 heavy (non-hydrogen) atoms. The van der Waals surface area contributed by atoms with Gasteiger partial charge in [-0.2, -0.15) is 0 Å². The average molecular weight is 278 g/mol. The van der Waals surface area contributed by atoms with Gasteiger partial charge < -0.3 is 0 Å². The predicted octanol–water partition coefficient (Wildman–Crippen LogP) is 5.41. The van der Waals surface area contributed by atoms with Gasteiger partial charge in [-0.1, -0.05) is 26.2 Å². The molecule has 0 fully saturated rings. The van der Waals surface area contributed by atoms with Crippen LogP contribution in [0.3, 0.4) is 0 Å². The van der Waals surface area contributed by atoms with E-state index in [1.807, 2.05) is 12.1 Å². The number of rotatable bonds is 7. The minimum Gasteiger partial charge on any atom is -0.297 e. The van der Waals surface area contributed by atoms with E-state index in [-0.39, 0.29) is 0 Å². The molecule has 2 rings (SSSR count). The number of aldehydes is 1. The first-order valence-corrected chi connectivity index (χ1v) is 8.16. The molecule has 0 unspecified atom stereocenters. The van der Waals surface area contributed by atoms with Crippen molar-refractivity contribution in [3.05, 3.63) is 34.0 Å². The summed E-state index contributed by atoms with van der Waals surface area (Å²) in [5, 5.41) is 2.25. The third kappa shape index (κ3) is 3.53. The van der Waals surface area contributed by atoms with Gasteiger partial charge >= 0.3 is 0 Å². The first-order chi connectivity index (χ1) is 8.83. The molecule has 0 aliphatic rings. The van der Waals surface area contributed by atoms with Gasteiger partial charge in [0.1, 0.15) is 0 Å². The van der Waals surface area contributed by atoms with E-state index in [2.05, 4.69) is 18.4 Å². The van der Waals surface area contributed by atoms with Crippen LogP contribution in [0.25, 0.3) is 9.75 Å². The Morgan fingerprint density at radius 2 is 2.06 bits per heavy atom. The second-order valence-electron chi connectivity index (χ2n) is 4.45. The lowest BCUT2D eigenvalue weighted by Crippen LogP contribution is -1.81. The smallest absolute Gasteiger partial charge is 0.160 e. The quantitative estimate of drug-likeness (QED) is 0.489. The predicted molar refractivity (Wildman–Crippen MR) is 80.9 cm³/mol. The van der Waals surface area contributed by atoms with Crippen LogP contribution in [-0.4, -0.2) is 6.29 Å². The van der Waals surface area contributed by atoms with Crippen molar-refractivity contribution < 1.29 is 4.79 Å². The Morgan fingerprint density at radius 1 is 1.17 bits per heavy atom. The van der Waals surface area contributed by atoms with Gasteiger partial charge in [0.05, 0.1) is 4.88 Å². The largest absolute Gasteiger partial charge is 0.297 e. The third-order valence-electron chi connectivity index (χ3n) is 2.96. The highest BCUT2D eigenvalue weighted by Gasteiger charge is 2.05. The first-order valence-electron chi connectivity index (χ1n) is 6.46. The number of hydrogen-bond donors (Lipinski definition) is 0. The molecule has 0 amide bonds. The van der Waals surface area contributed by atoms with Crippen LogP contribution >= 0.6 is 22.7 Å². The van der Waals surface area contributed by atoms with Crippen LogP contribution < -0.4 is 0 Å². The minimum absolute atomic E-state index is 0.808. The molecule has 3 heteroatoms. The van der Waals surface area contributed by atoms with Crippen LogP contribution in [-0.2, 0) is 6.42 Å². The van der Waals surface area contributed by atoms with Gasteiger partial charge in [-0.25, -0.2) is 0 Å². The lowest BCUT2D eigenvalue weighted by molar-refractivity contribution is 0.112. The second kappa shape index (κ2) is 6.86. The molecule has 96 valence electrons. The summed E-state index contributed by atoms with van der Waals surface area (Å²) in [6, 6.07) is 6.21. The number of carbonyl (C=O) groups is 1. The molecule has 0 aliphatic carbocycles. The molecule has 0 radical (unpaired) electrons. The third-order valence-corrected chi connectivity index (χ3v) is 5.14. The molecular formula is C15H18OS2. The molecule has 0 spiro atoms. The lowest BCUT2D eigenvalue weighted by Gasteiger charge is -1.96. The molecule has 0 saturated heterocycles. The summed E-state index contributed by atoms with van der Waals surface area (Å²) >= 11 is 3.36. The highest BCUT2D eigenvalue weighted by Crippen LogP contribution is 2.33. The topological polar surface area (TPSA) is 17.1 Å². The zero-order chi connectivity index (χ0) is 12.8. The summed E-state index contributed by atoms with van der Waals surface area (Å²) < 4.78 is 0. The summed E-state index contributed by atoms with van der Waals surface area (Å²) in [7, 11) is 0. The van der Waals surface area contributed by atoms with Crippen molar-refractivity contribution in [1.29, 1.82) is 0 Å². The van der Waals surface area contributed by atoms with Crippen molar-refractivity contribution in [2.45, 2.75) is 39.0 Å². The Hall–Kier alpha value is -0.930. The van der Waals surface area contributed by atoms with Gasteiger partial charge in [0.15, 0.2) is 6.29 Å². The number of aryl methyl sites for hydroxylation is 1. The fourth-order valence-electron chi connectivity index (χ4n) is 1.94. The van der Waals surface area contributed by atoms with Crippen molar-refractivity contribution in [1.82, 2.24) is 0 Å². The second-order valence-corrected chi connectivity index (χ2v) is 6.48. The number of hydrogen-bond acceptors (Lipinski definition) is 3. The highest BCUT2D eigenvalue weighted by atomic mass is 32.1. The van der Waals surface area contributed by atoms with E-state index >= 15 is 0 Å². The van der Waals surface area contributed by atoms with Crippen LogP contribution in [0.1, 0.15) is 47.8 Å². The van der Waals surface area contributed by atoms with E-state index in [1.54, 1.807) is 22.7 Å². The Morgan fingerprint density at radius 3 is 2.78 bits per heavy atom. The van der Waals surface area contributed by atoms with E-state index in [4.69, 9.17) is 0 Å². The average Bonchev–Trinajstić information content (AvgIpc) is 3.03. The molecule has 0 N–H and O–H groups in total. The summed E-state index contributed by atoms with van der Waals surface area (Å²) in [5.41, 5.74) is 1.44. The van der Waals surface area contributed by atoms with Gasteiger partial charge in [-0.3, -0.25) is 4.79 Å². The van der Waals surface area contributed by atoms with Gasteiger partial charge in [0.2, 0.25) is 0 Å². The summed E-state index contributed by atoms with van der Waals surface area (Å²) in [4.78, 5) is 14.0. The molecule has 0 saturated carbocycles. The monoisotopic (exact) mass is 278 g/mol. The fourth-order valence-corrected chi connectivity index (χ4v) is 3.81. The molecular weight excluding hydrogens is 260 g/mol. The van der Waals surface area contributed by atoms with Crippen molar-refractivity contribution in [3.63, 3.8) is 0 Å². The van der Waals surface area contributed by atoms with Gasteiger partial charge in [0.25, 0.3) is 0 Å². The standard InChI is InChI=1S/C15H18OS2/c1-2-3-4-5-6-12-9-15(17-11-12)14-8-7-13(10-16)18-14/h7-11H,2-6H2,1H3. The maximum absolute atomic E-state index is 10.7. The normalized spacial score (nSPS) is 10.7. The Bertz CT molecular complexity index is 496. The Balaban J connectivity index is 1.95. The molecule has 2 heterocycles. The molecule has 2 aromatic rings. The van der Waals surface area contributed by atoms with Gasteiger partial charge in [-0.15, -0.1) is 22.7 Å². The molecule has 2 aromatic heterocycles. The zero-order valence-electron chi connectivity index (χ0n) is 10.6. The molecule has 0 atom stereocenters. The summed E-state index contributed by atoms with van der Waals surface area (Å²) in [6.45, 7) is 2.24. The van der Waals surface area contributed by atoms with Crippen LogP contribution in [0.4, 0.5) is 0 Å². The van der Waals surface area contributed by atoms with E-state index in [0.29, 0.717) is 0 Å². The van der Waals surface area contributed by atoms with Crippen molar-refractivity contribution in [2.24, 2.45) is 0 Å². The highest BCUT2D eigenvalue weighted by molar-refractivity contribution is 7.22. The van der Waals surface area contributed by atoms with Crippen LogP contribution in [0.15, 0.2) is 23.6 Å². The first kappa shape index (κ1) is 13.5. The maximum atomic E-state index is 10.7. The fraction of sp³-hybridized carbons (Fsp3) is 0.400. The molecule has 1 nitrogen and oxygen atoms in total. The summed E-state index contributed by atoms with van der Waals surface area (Å²) in [5.74, 6) is 0. The van der Waals surface area contributed by atoms with E-state index in [1.165, 1.54) is 47.4 Å². The van der Waals surface area contributed by atoms with Gasteiger partial charge in [0, 0.05) is 9.75 Å². The number of carbonyl (C=O) groups excluding carboxylic acids is 1. The Kier molecular flexibility index (Phi) is 5.14. The lowest BCUT2D eigenvalue weighted by atomic mass is 10.1. The van der Waals surface area contributed by atoms with Crippen molar-refractivity contribution in [2.75, 3.05) is 0 Å².